The summed E-state index contributed by atoms with van der Waals surface area (Å²) in [6.45, 7) is 5.95. The van der Waals surface area contributed by atoms with Crippen LogP contribution in [0.4, 0.5) is 0 Å². The van der Waals surface area contributed by atoms with Crippen molar-refractivity contribution in [2.24, 2.45) is 0 Å². The van der Waals surface area contributed by atoms with Crippen molar-refractivity contribution in [2.75, 3.05) is 13.2 Å². The largest absolute Gasteiger partial charge is 0.491 e. The molecule has 0 aliphatic carbocycles. The molecule has 7 nitrogen and oxygen atoms in total. The predicted octanol–water partition coefficient (Wildman–Crippen LogP) is 4.14. The Balaban J connectivity index is 0.00000225. The fourth-order valence-electron chi connectivity index (χ4n) is 2.82. The van der Waals surface area contributed by atoms with Crippen molar-refractivity contribution in [3.63, 3.8) is 0 Å². The van der Waals surface area contributed by atoms with Gasteiger partial charge in [0.05, 0.1) is 17.2 Å². The molecule has 9 heteroatoms. The Morgan fingerprint density at radius 2 is 2.14 bits per heavy atom. The molecule has 28 heavy (non-hydrogen) atoms. The Morgan fingerprint density at radius 1 is 1.29 bits per heavy atom. The second kappa shape index (κ2) is 8.77. The predicted molar refractivity (Wildman–Crippen MR) is 108 cm³/mol. The van der Waals surface area contributed by atoms with Crippen LogP contribution in [-0.4, -0.2) is 34.4 Å². The zero-order chi connectivity index (χ0) is 18.8. The van der Waals surface area contributed by atoms with Crippen LogP contribution in [0.5, 0.6) is 11.6 Å². The van der Waals surface area contributed by atoms with Crippen LogP contribution < -0.4 is 14.8 Å². The van der Waals surface area contributed by atoms with Crippen LogP contribution in [0.1, 0.15) is 19.4 Å². The van der Waals surface area contributed by atoms with Crippen molar-refractivity contribution in [3.8, 4) is 34.5 Å². The van der Waals surface area contributed by atoms with Crippen molar-refractivity contribution in [2.45, 2.75) is 26.5 Å². The van der Waals surface area contributed by atoms with E-state index in [1.807, 2.05) is 32.0 Å². The third-order valence-electron chi connectivity index (χ3n) is 4.01. The molecular formula is C19H20Cl2N4O3. The fraction of sp³-hybridized carbons (Fsp3) is 0.316. The van der Waals surface area contributed by atoms with Crippen molar-refractivity contribution in [3.05, 3.63) is 41.0 Å². The molecule has 0 atom stereocenters. The minimum atomic E-state index is -0.0151. The first-order valence-corrected chi connectivity index (χ1v) is 9.11. The zero-order valence-corrected chi connectivity index (χ0v) is 17.0. The molecule has 0 saturated heterocycles. The molecular weight excluding hydrogens is 403 g/mol. The molecule has 0 amide bonds. The van der Waals surface area contributed by atoms with Gasteiger partial charge in [0.25, 0.3) is 5.89 Å². The Hall–Kier alpha value is -2.35. The molecule has 1 aliphatic rings. The van der Waals surface area contributed by atoms with Gasteiger partial charge in [0.15, 0.2) is 0 Å². The van der Waals surface area contributed by atoms with E-state index in [1.54, 1.807) is 12.3 Å². The lowest BCUT2D eigenvalue weighted by molar-refractivity contribution is 0.233. The number of para-hydroxylation sites is 1. The summed E-state index contributed by atoms with van der Waals surface area (Å²) in [6.07, 6.45) is 1.59. The summed E-state index contributed by atoms with van der Waals surface area (Å²) in [5.41, 5.74) is 2.49. The summed E-state index contributed by atoms with van der Waals surface area (Å²) in [6, 6.07) is 7.60. The second-order valence-electron chi connectivity index (χ2n) is 6.42. The summed E-state index contributed by atoms with van der Waals surface area (Å²) < 4.78 is 16.9. The van der Waals surface area contributed by atoms with Crippen LogP contribution >= 0.6 is 24.0 Å². The van der Waals surface area contributed by atoms with Gasteiger partial charge in [-0.1, -0.05) is 28.9 Å². The zero-order valence-electron chi connectivity index (χ0n) is 15.4. The first-order chi connectivity index (χ1) is 13.1. The van der Waals surface area contributed by atoms with Crippen LogP contribution in [0.3, 0.4) is 0 Å². The Morgan fingerprint density at radius 3 is 2.93 bits per heavy atom. The molecule has 0 unspecified atom stereocenters. The standard InChI is InChI=1S/C19H19ClN4O3.ClH/c1-11(2)26-19-15(20)8-13(10-22-19)18-23-17(24-27-18)14-5-3-4-12-9-21-6-7-25-16(12)14;/h3-5,8,10-11,21H,6-7,9H2,1-2H3;1H. The van der Waals surface area contributed by atoms with Crippen LogP contribution in [0.25, 0.3) is 22.8 Å². The average Bonchev–Trinajstić information content (AvgIpc) is 3.01. The van der Waals surface area contributed by atoms with Gasteiger partial charge in [-0.25, -0.2) is 4.98 Å². The number of benzene rings is 1. The molecule has 0 radical (unpaired) electrons. The van der Waals surface area contributed by atoms with E-state index in [-0.39, 0.29) is 18.5 Å². The van der Waals surface area contributed by atoms with Crippen LogP contribution in [0.15, 0.2) is 35.0 Å². The van der Waals surface area contributed by atoms with Crippen molar-refractivity contribution in [1.29, 1.82) is 0 Å². The third kappa shape index (κ3) is 4.22. The third-order valence-corrected chi connectivity index (χ3v) is 4.28. The fourth-order valence-corrected chi connectivity index (χ4v) is 3.03. The van der Waals surface area contributed by atoms with Crippen molar-refractivity contribution < 1.29 is 14.0 Å². The quantitative estimate of drug-likeness (QED) is 0.675. The highest BCUT2D eigenvalue weighted by Crippen LogP contribution is 2.34. The van der Waals surface area contributed by atoms with E-state index in [2.05, 4.69) is 20.4 Å². The number of hydrogen-bond donors (Lipinski definition) is 1. The molecule has 2 aromatic heterocycles. The highest BCUT2D eigenvalue weighted by Gasteiger charge is 2.19. The summed E-state index contributed by atoms with van der Waals surface area (Å²) in [7, 11) is 0. The first-order valence-electron chi connectivity index (χ1n) is 8.74. The molecule has 0 saturated carbocycles. The van der Waals surface area contributed by atoms with Gasteiger partial charge in [0.1, 0.15) is 17.4 Å². The number of nitrogens with one attached hydrogen (secondary N) is 1. The SMILES string of the molecule is CC(C)Oc1ncc(-c2nc(-c3cccc4c3OCCNC4)no2)cc1Cl.Cl. The molecule has 3 heterocycles. The summed E-state index contributed by atoms with van der Waals surface area (Å²) in [4.78, 5) is 8.75. The smallest absolute Gasteiger partial charge is 0.259 e. The lowest BCUT2D eigenvalue weighted by atomic mass is 10.1. The van der Waals surface area contributed by atoms with E-state index >= 15 is 0 Å². The van der Waals surface area contributed by atoms with Gasteiger partial charge in [-0.15, -0.1) is 12.4 Å². The first kappa shape index (κ1) is 20.4. The van der Waals surface area contributed by atoms with Gasteiger partial charge in [0, 0.05) is 24.8 Å². The minimum absolute atomic E-state index is 0. The molecule has 0 bridgehead atoms. The Bertz CT molecular complexity index is 962. The van der Waals surface area contributed by atoms with Gasteiger partial charge in [-0.2, -0.15) is 4.98 Å². The van der Waals surface area contributed by atoms with Gasteiger partial charge in [0.2, 0.25) is 11.7 Å². The molecule has 1 aromatic carbocycles. The van der Waals surface area contributed by atoms with E-state index in [4.69, 9.17) is 25.6 Å². The molecule has 0 spiro atoms. The summed E-state index contributed by atoms with van der Waals surface area (Å²) in [5.74, 6) is 1.96. The summed E-state index contributed by atoms with van der Waals surface area (Å²) >= 11 is 6.26. The van der Waals surface area contributed by atoms with Crippen LogP contribution in [0.2, 0.25) is 5.02 Å². The molecule has 1 aliphatic heterocycles. The lowest BCUT2D eigenvalue weighted by Gasteiger charge is -2.10. The van der Waals surface area contributed by atoms with Crippen LogP contribution in [-0.2, 0) is 6.54 Å². The number of rotatable bonds is 4. The maximum atomic E-state index is 6.26. The minimum Gasteiger partial charge on any atom is -0.491 e. The maximum Gasteiger partial charge on any atom is 0.259 e. The number of pyridine rings is 1. The molecule has 1 N–H and O–H groups in total. The van der Waals surface area contributed by atoms with Gasteiger partial charge in [-0.3, -0.25) is 0 Å². The Kier molecular flexibility index (Phi) is 6.39. The average molecular weight is 423 g/mol. The normalized spacial score (nSPS) is 13.3. The Labute approximate surface area is 173 Å². The number of fused-ring (bicyclic) bond motifs is 1. The van der Waals surface area contributed by atoms with Gasteiger partial charge in [-0.05, 0) is 26.0 Å². The van der Waals surface area contributed by atoms with E-state index in [0.29, 0.717) is 34.8 Å². The number of ether oxygens (including phenoxy) is 2. The molecule has 3 aromatic rings. The molecule has 0 fully saturated rings. The summed E-state index contributed by atoms with van der Waals surface area (Å²) in [5, 5.41) is 7.82. The van der Waals surface area contributed by atoms with Gasteiger partial charge >= 0.3 is 0 Å². The number of nitrogens with zero attached hydrogens (tertiary/aromatic N) is 3. The molecule has 4 rings (SSSR count). The van der Waals surface area contributed by atoms with E-state index in [1.165, 1.54) is 0 Å². The van der Waals surface area contributed by atoms with Crippen LogP contribution in [0, 0.1) is 0 Å². The number of hydrogen-bond acceptors (Lipinski definition) is 7. The van der Waals surface area contributed by atoms with Crippen molar-refractivity contribution in [1.82, 2.24) is 20.4 Å². The van der Waals surface area contributed by atoms with Gasteiger partial charge < -0.3 is 19.3 Å². The van der Waals surface area contributed by atoms with Crippen molar-refractivity contribution >= 4 is 24.0 Å². The number of aromatic nitrogens is 3. The van der Waals surface area contributed by atoms with E-state index in [9.17, 15) is 0 Å². The molecule has 148 valence electrons. The maximum absolute atomic E-state index is 6.26. The van der Waals surface area contributed by atoms with E-state index < -0.39 is 0 Å². The second-order valence-corrected chi connectivity index (χ2v) is 6.83. The van der Waals surface area contributed by atoms with E-state index in [0.717, 1.165) is 30.0 Å². The highest BCUT2D eigenvalue weighted by atomic mass is 35.5. The number of halogens is 2. The monoisotopic (exact) mass is 422 g/mol. The lowest BCUT2D eigenvalue weighted by Crippen LogP contribution is -2.16. The highest BCUT2D eigenvalue weighted by molar-refractivity contribution is 6.32. The topological polar surface area (TPSA) is 82.3 Å².